The second-order valence-electron chi connectivity index (χ2n) is 5.78. The molecule has 112 valence electrons. The van der Waals surface area contributed by atoms with Gasteiger partial charge in [-0.15, -0.1) is 0 Å². The van der Waals surface area contributed by atoms with Crippen LogP contribution in [0.25, 0.3) is 0 Å². The number of hydrogen-bond acceptors (Lipinski definition) is 2. The van der Waals surface area contributed by atoms with Gasteiger partial charge < -0.3 is 11.5 Å². The van der Waals surface area contributed by atoms with Crippen molar-refractivity contribution in [3.05, 3.63) is 71.8 Å². The SMILES string of the molecule is CC(CCCN)C(N)C(c1ccccc1)c1ccccc1. The Morgan fingerprint density at radius 2 is 1.33 bits per heavy atom. The van der Waals surface area contributed by atoms with Crippen LogP contribution in [0.1, 0.15) is 36.8 Å². The van der Waals surface area contributed by atoms with Gasteiger partial charge in [0.25, 0.3) is 0 Å². The Morgan fingerprint density at radius 1 is 0.857 bits per heavy atom. The lowest BCUT2D eigenvalue weighted by molar-refractivity contribution is 0.388. The van der Waals surface area contributed by atoms with Gasteiger partial charge in [0, 0.05) is 12.0 Å². The summed E-state index contributed by atoms with van der Waals surface area (Å²) in [5, 5.41) is 0. The van der Waals surface area contributed by atoms with Gasteiger partial charge in [0.15, 0.2) is 0 Å². The van der Waals surface area contributed by atoms with Gasteiger partial charge >= 0.3 is 0 Å². The first-order chi connectivity index (χ1) is 10.2. The van der Waals surface area contributed by atoms with Gasteiger partial charge in [-0.3, -0.25) is 0 Å². The van der Waals surface area contributed by atoms with Crippen molar-refractivity contribution >= 4 is 0 Å². The molecule has 0 heterocycles. The molecule has 0 radical (unpaired) electrons. The molecule has 4 N–H and O–H groups in total. The van der Waals surface area contributed by atoms with E-state index in [0.29, 0.717) is 5.92 Å². The zero-order valence-electron chi connectivity index (χ0n) is 12.8. The summed E-state index contributed by atoms with van der Waals surface area (Å²) in [7, 11) is 0. The largest absolute Gasteiger partial charge is 0.330 e. The Balaban J connectivity index is 2.28. The van der Waals surface area contributed by atoms with E-state index in [1.165, 1.54) is 11.1 Å². The average molecular weight is 282 g/mol. The van der Waals surface area contributed by atoms with Crippen LogP contribution >= 0.6 is 0 Å². The molecule has 0 aromatic heterocycles. The number of rotatable bonds is 7. The highest BCUT2D eigenvalue weighted by atomic mass is 14.7. The van der Waals surface area contributed by atoms with E-state index in [1.807, 2.05) is 0 Å². The maximum absolute atomic E-state index is 6.63. The summed E-state index contributed by atoms with van der Waals surface area (Å²) >= 11 is 0. The Hall–Kier alpha value is -1.64. The van der Waals surface area contributed by atoms with Crippen molar-refractivity contribution in [3.8, 4) is 0 Å². The predicted molar refractivity (Wildman–Crippen MR) is 90.2 cm³/mol. The van der Waals surface area contributed by atoms with Crippen molar-refractivity contribution in [1.29, 1.82) is 0 Å². The quantitative estimate of drug-likeness (QED) is 0.816. The van der Waals surface area contributed by atoms with Crippen molar-refractivity contribution < 1.29 is 0 Å². The lowest BCUT2D eigenvalue weighted by Gasteiger charge is -2.30. The van der Waals surface area contributed by atoms with E-state index >= 15 is 0 Å². The maximum Gasteiger partial charge on any atom is 0.0243 e. The second kappa shape index (κ2) is 7.96. The van der Waals surface area contributed by atoms with Crippen LogP contribution in [0.2, 0.25) is 0 Å². The normalized spacial score (nSPS) is 14.1. The highest BCUT2D eigenvalue weighted by molar-refractivity contribution is 5.34. The van der Waals surface area contributed by atoms with Crippen molar-refractivity contribution in [1.82, 2.24) is 0 Å². The van der Waals surface area contributed by atoms with Crippen molar-refractivity contribution in [3.63, 3.8) is 0 Å². The maximum atomic E-state index is 6.63. The second-order valence-corrected chi connectivity index (χ2v) is 5.78. The van der Waals surface area contributed by atoms with E-state index in [2.05, 4.69) is 67.6 Å². The Morgan fingerprint density at radius 3 is 1.76 bits per heavy atom. The van der Waals surface area contributed by atoms with Crippen LogP contribution in [0.3, 0.4) is 0 Å². The highest BCUT2D eigenvalue weighted by Gasteiger charge is 2.25. The molecule has 0 aliphatic heterocycles. The monoisotopic (exact) mass is 282 g/mol. The average Bonchev–Trinajstić information content (AvgIpc) is 2.54. The van der Waals surface area contributed by atoms with Gasteiger partial charge in [0.05, 0.1) is 0 Å². The smallest absolute Gasteiger partial charge is 0.0243 e. The Labute approximate surface area is 128 Å². The topological polar surface area (TPSA) is 52.0 Å². The predicted octanol–water partition coefficient (Wildman–Crippen LogP) is 3.52. The third-order valence-electron chi connectivity index (χ3n) is 4.22. The summed E-state index contributed by atoms with van der Waals surface area (Å²) < 4.78 is 0. The van der Waals surface area contributed by atoms with Crippen LogP contribution in [0.4, 0.5) is 0 Å². The summed E-state index contributed by atoms with van der Waals surface area (Å²) in [5.74, 6) is 0.680. The fourth-order valence-corrected chi connectivity index (χ4v) is 2.92. The molecule has 2 atom stereocenters. The number of hydrogen-bond donors (Lipinski definition) is 2. The van der Waals surface area contributed by atoms with Crippen LogP contribution in [0.15, 0.2) is 60.7 Å². The fourth-order valence-electron chi connectivity index (χ4n) is 2.92. The van der Waals surface area contributed by atoms with Gasteiger partial charge in [0.2, 0.25) is 0 Å². The van der Waals surface area contributed by atoms with E-state index in [1.54, 1.807) is 0 Å². The molecule has 2 rings (SSSR count). The van der Waals surface area contributed by atoms with Gasteiger partial charge in [-0.1, -0.05) is 67.6 Å². The summed E-state index contributed by atoms with van der Waals surface area (Å²) in [6.45, 7) is 2.97. The molecule has 0 saturated heterocycles. The molecular weight excluding hydrogens is 256 g/mol. The molecule has 0 aliphatic carbocycles. The molecule has 0 saturated carbocycles. The molecular formula is C19H26N2. The number of nitrogens with two attached hydrogens (primary N) is 2. The van der Waals surface area contributed by atoms with E-state index < -0.39 is 0 Å². The van der Waals surface area contributed by atoms with Crippen molar-refractivity contribution in [2.45, 2.75) is 31.7 Å². The minimum absolute atomic E-state index is 0.0985. The third-order valence-corrected chi connectivity index (χ3v) is 4.22. The first-order valence-corrected chi connectivity index (χ1v) is 7.79. The molecule has 2 heteroatoms. The van der Waals surface area contributed by atoms with Crippen LogP contribution < -0.4 is 11.5 Å². The van der Waals surface area contributed by atoms with E-state index in [4.69, 9.17) is 11.5 Å². The molecule has 0 amide bonds. The first-order valence-electron chi connectivity index (χ1n) is 7.79. The van der Waals surface area contributed by atoms with Crippen LogP contribution in [-0.2, 0) is 0 Å². The van der Waals surface area contributed by atoms with Gasteiger partial charge in [-0.05, 0) is 36.4 Å². The van der Waals surface area contributed by atoms with Gasteiger partial charge in [-0.25, -0.2) is 0 Å². The summed E-state index contributed by atoms with van der Waals surface area (Å²) in [5.41, 5.74) is 14.8. The van der Waals surface area contributed by atoms with Gasteiger partial charge in [0.1, 0.15) is 0 Å². The molecule has 21 heavy (non-hydrogen) atoms. The van der Waals surface area contributed by atoms with Crippen LogP contribution in [0, 0.1) is 5.92 Å². The zero-order chi connectivity index (χ0) is 15.1. The highest BCUT2D eigenvalue weighted by Crippen LogP contribution is 2.31. The van der Waals surface area contributed by atoms with E-state index in [0.717, 1.165) is 19.4 Å². The van der Waals surface area contributed by atoms with Gasteiger partial charge in [-0.2, -0.15) is 0 Å². The summed E-state index contributed by atoms with van der Waals surface area (Å²) in [4.78, 5) is 0. The Kier molecular flexibility index (Phi) is 5.97. The third kappa shape index (κ3) is 4.16. The molecule has 2 aromatic carbocycles. The zero-order valence-corrected chi connectivity index (χ0v) is 12.8. The molecule has 0 fully saturated rings. The molecule has 2 aromatic rings. The molecule has 2 unspecified atom stereocenters. The molecule has 0 bridgehead atoms. The standard InChI is InChI=1S/C19H26N2/c1-15(9-8-14-20)19(21)18(16-10-4-2-5-11-16)17-12-6-3-7-13-17/h2-7,10-13,15,18-19H,8-9,14,20-21H2,1H3. The lowest BCUT2D eigenvalue weighted by atomic mass is 9.79. The summed E-state index contributed by atoms with van der Waals surface area (Å²) in [6, 6.07) is 21.2. The molecule has 0 aliphatic rings. The molecule has 0 spiro atoms. The van der Waals surface area contributed by atoms with Crippen LogP contribution in [-0.4, -0.2) is 12.6 Å². The lowest BCUT2D eigenvalue weighted by Crippen LogP contribution is -2.35. The van der Waals surface area contributed by atoms with Crippen molar-refractivity contribution in [2.24, 2.45) is 17.4 Å². The fraction of sp³-hybridized carbons (Fsp3) is 0.368. The number of benzene rings is 2. The molecule has 2 nitrogen and oxygen atoms in total. The summed E-state index contributed by atoms with van der Waals surface area (Å²) in [6.07, 6.45) is 2.11. The first kappa shape index (κ1) is 15.7. The minimum atomic E-state index is 0.0985. The Bertz CT molecular complexity index is 470. The van der Waals surface area contributed by atoms with E-state index in [-0.39, 0.29) is 12.0 Å². The van der Waals surface area contributed by atoms with E-state index in [9.17, 15) is 0 Å². The minimum Gasteiger partial charge on any atom is -0.330 e. The van der Waals surface area contributed by atoms with Crippen molar-refractivity contribution in [2.75, 3.05) is 6.54 Å². The van der Waals surface area contributed by atoms with Crippen LogP contribution in [0.5, 0.6) is 0 Å².